The highest BCUT2D eigenvalue weighted by molar-refractivity contribution is 8.00. The van der Waals surface area contributed by atoms with Crippen LogP contribution in [-0.4, -0.2) is 26.9 Å². The van der Waals surface area contributed by atoms with Crippen molar-refractivity contribution in [3.63, 3.8) is 0 Å². The molecule has 0 N–H and O–H groups in total. The Morgan fingerprint density at radius 3 is 2.90 bits per heavy atom. The molecule has 2 atom stereocenters. The third-order valence-corrected chi connectivity index (χ3v) is 4.54. The van der Waals surface area contributed by atoms with Crippen LogP contribution < -0.4 is 0 Å². The number of rotatable bonds is 3. The summed E-state index contributed by atoms with van der Waals surface area (Å²) in [5.74, 6) is -0.137. The Morgan fingerprint density at radius 1 is 1.40 bits per heavy atom. The molecule has 2 heterocycles. The average Bonchev–Trinajstić information content (AvgIpc) is 2.98. The number of hydrogen-bond donors (Lipinski definition) is 0. The molecule has 0 amide bonds. The van der Waals surface area contributed by atoms with E-state index in [0.717, 1.165) is 17.3 Å². The number of aryl methyl sites for hydroxylation is 1. The lowest BCUT2D eigenvalue weighted by atomic mass is 10.2. The second-order valence-corrected chi connectivity index (χ2v) is 6.13. The molecular weight excluding hydrogens is 272 g/mol. The third-order valence-electron chi connectivity index (χ3n) is 3.36. The van der Waals surface area contributed by atoms with E-state index in [9.17, 15) is 4.79 Å². The number of thioether (sulfide) groups is 1. The molecule has 20 heavy (non-hydrogen) atoms. The number of benzene rings is 1. The first-order chi connectivity index (χ1) is 9.65. The monoisotopic (exact) mass is 288 g/mol. The van der Waals surface area contributed by atoms with E-state index in [0.29, 0.717) is 0 Å². The molecule has 1 aliphatic rings. The first kappa shape index (κ1) is 13.2. The summed E-state index contributed by atoms with van der Waals surface area (Å²) in [6.45, 7) is 3.99. The van der Waals surface area contributed by atoms with Gasteiger partial charge in [-0.1, -0.05) is 30.0 Å². The molecule has 0 unspecified atom stereocenters. The summed E-state index contributed by atoms with van der Waals surface area (Å²) in [7, 11) is 0. The minimum absolute atomic E-state index is 0.00173. The number of nitrogens with zero attached hydrogens (tertiary/aromatic N) is 2. The number of para-hydroxylation sites is 1. The van der Waals surface area contributed by atoms with Crippen LogP contribution in [-0.2, 0) is 9.53 Å². The lowest BCUT2D eigenvalue weighted by Crippen LogP contribution is -2.11. The average molecular weight is 288 g/mol. The van der Waals surface area contributed by atoms with Crippen LogP contribution in [0.4, 0.5) is 0 Å². The fourth-order valence-corrected chi connectivity index (χ4v) is 3.51. The molecule has 104 valence electrons. The van der Waals surface area contributed by atoms with Crippen LogP contribution in [0.1, 0.15) is 18.9 Å². The molecule has 2 aromatic rings. The molecule has 1 aliphatic heterocycles. The maximum atomic E-state index is 11.7. The van der Waals surface area contributed by atoms with Crippen molar-refractivity contribution in [1.82, 2.24) is 9.55 Å². The van der Waals surface area contributed by atoms with Gasteiger partial charge in [-0.3, -0.25) is 9.36 Å². The van der Waals surface area contributed by atoms with Gasteiger partial charge in [0.1, 0.15) is 11.4 Å². The molecule has 1 saturated heterocycles. The fraction of sp³-hybridized carbons (Fsp3) is 0.333. The predicted molar refractivity (Wildman–Crippen MR) is 78.1 cm³/mol. The zero-order valence-corrected chi connectivity index (χ0v) is 12.3. The van der Waals surface area contributed by atoms with Crippen LogP contribution in [0.15, 0.2) is 41.8 Å². The summed E-state index contributed by atoms with van der Waals surface area (Å²) in [6, 6.07) is 8.13. The zero-order valence-electron chi connectivity index (χ0n) is 11.4. The minimum Gasteiger partial charge on any atom is -0.462 e. The van der Waals surface area contributed by atoms with Crippen LogP contribution in [0.2, 0.25) is 0 Å². The number of aromatic nitrogens is 2. The van der Waals surface area contributed by atoms with Crippen molar-refractivity contribution in [2.24, 2.45) is 0 Å². The van der Waals surface area contributed by atoms with E-state index in [4.69, 9.17) is 4.74 Å². The van der Waals surface area contributed by atoms with Crippen LogP contribution >= 0.6 is 11.8 Å². The number of esters is 1. The molecule has 4 nitrogen and oxygen atoms in total. The van der Waals surface area contributed by atoms with E-state index in [1.165, 1.54) is 17.3 Å². The molecule has 5 heteroatoms. The van der Waals surface area contributed by atoms with Crippen LogP contribution in [0.3, 0.4) is 0 Å². The van der Waals surface area contributed by atoms with Crippen molar-refractivity contribution in [2.45, 2.75) is 36.8 Å². The quantitative estimate of drug-likeness (QED) is 0.814. The van der Waals surface area contributed by atoms with Crippen molar-refractivity contribution in [1.29, 1.82) is 0 Å². The minimum atomic E-state index is -0.157. The normalized spacial score (nSPS) is 22.0. The zero-order chi connectivity index (χ0) is 14.1. The van der Waals surface area contributed by atoms with E-state index in [-0.39, 0.29) is 17.3 Å². The van der Waals surface area contributed by atoms with Gasteiger partial charge in [0.25, 0.3) is 0 Å². The fourth-order valence-electron chi connectivity index (χ4n) is 2.34. The molecule has 1 aromatic carbocycles. The first-order valence-electron chi connectivity index (χ1n) is 6.61. The number of imidazole rings is 1. The number of carbonyl (C=O) groups excluding carboxylic acids is 1. The van der Waals surface area contributed by atoms with Gasteiger partial charge in [-0.05, 0) is 25.5 Å². The van der Waals surface area contributed by atoms with E-state index in [2.05, 4.69) is 24.0 Å². The van der Waals surface area contributed by atoms with Crippen molar-refractivity contribution >= 4 is 17.7 Å². The smallest absolute Gasteiger partial charge is 0.319 e. The van der Waals surface area contributed by atoms with Crippen LogP contribution in [0.5, 0.6) is 0 Å². The summed E-state index contributed by atoms with van der Waals surface area (Å²) in [5, 5.41) is 0.672. The van der Waals surface area contributed by atoms with Crippen molar-refractivity contribution < 1.29 is 9.53 Å². The Bertz CT molecular complexity index is 638. The Hall–Kier alpha value is -1.75. The third kappa shape index (κ3) is 2.45. The molecule has 0 bridgehead atoms. The highest BCUT2D eigenvalue weighted by Gasteiger charge is 2.33. The molecule has 1 aromatic heterocycles. The van der Waals surface area contributed by atoms with Gasteiger partial charge in [0, 0.05) is 18.8 Å². The van der Waals surface area contributed by atoms with Crippen LogP contribution in [0, 0.1) is 6.92 Å². The maximum Gasteiger partial charge on any atom is 0.319 e. The van der Waals surface area contributed by atoms with E-state index in [1.807, 2.05) is 29.8 Å². The van der Waals surface area contributed by atoms with Crippen molar-refractivity contribution in [2.75, 3.05) is 0 Å². The molecule has 0 radical (unpaired) electrons. The van der Waals surface area contributed by atoms with Gasteiger partial charge >= 0.3 is 5.97 Å². The van der Waals surface area contributed by atoms with Gasteiger partial charge in [-0.25, -0.2) is 4.98 Å². The number of hydrogen-bond acceptors (Lipinski definition) is 4. The lowest BCUT2D eigenvalue weighted by molar-refractivity contribution is -0.140. The second kappa shape index (κ2) is 5.32. The highest BCUT2D eigenvalue weighted by Crippen LogP contribution is 2.32. The second-order valence-electron chi connectivity index (χ2n) is 4.96. The van der Waals surface area contributed by atoms with Gasteiger partial charge in [0.15, 0.2) is 5.16 Å². The van der Waals surface area contributed by atoms with E-state index < -0.39 is 0 Å². The van der Waals surface area contributed by atoms with Crippen molar-refractivity contribution in [3.8, 4) is 5.69 Å². The Balaban J connectivity index is 1.88. The van der Waals surface area contributed by atoms with Crippen molar-refractivity contribution in [3.05, 3.63) is 42.2 Å². The van der Waals surface area contributed by atoms with E-state index in [1.54, 1.807) is 6.20 Å². The topological polar surface area (TPSA) is 44.1 Å². The Labute approximate surface area is 122 Å². The lowest BCUT2D eigenvalue weighted by Gasteiger charge is -2.11. The highest BCUT2D eigenvalue weighted by atomic mass is 32.2. The van der Waals surface area contributed by atoms with Gasteiger partial charge < -0.3 is 4.74 Å². The van der Waals surface area contributed by atoms with Crippen LogP contribution in [0.25, 0.3) is 5.69 Å². The van der Waals surface area contributed by atoms with Gasteiger partial charge in [0.05, 0.1) is 5.69 Å². The molecule has 3 rings (SSSR count). The number of ether oxygens (including phenoxy) is 1. The summed E-state index contributed by atoms with van der Waals surface area (Å²) in [6.07, 6.45) is 4.43. The molecule has 1 fully saturated rings. The summed E-state index contributed by atoms with van der Waals surface area (Å²) in [5.41, 5.74) is 2.27. The largest absolute Gasteiger partial charge is 0.462 e. The maximum absolute atomic E-state index is 11.7. The van der Waals surface area contributed by atoms with E-state index >= 15 is 0 Å². The molecule has 0 aliphatic carbocycles. The SMILES string of the molecule is Cc1ccccc1-n1ccnc1S[C@@H]1C[C@H](C)OC1=O. The summed E-state index contributed by atoms with van der Waals surface area (Å²) < 4.78 is 7.22. The Kier molecular flexibility index (Phi) is 3.53. The Morgan fingerprint density at radius 2 is 2.20 bits per heavy atom. The summed E-state index contributed by atoms with van der Waals surface area (Å²) in [4.78, 5) is 16.1. The number of carbonyl (C=O) groups is 1. The van der Waals surface area contributed by atoms with Gasteiger partial charge in [-0.15, -0.1) is 0 Å². The molecular formula is C15H16N2O2S. The first-order valence-corrected chi connectivity index (χ1v) is 7.49. The van der Waals surface area contributed by atoms with Gasteiger partial charge in [-0.2, -0.15) is 0 Å². The predicted octanol–water partition coefficient (Wildman–Crippen LogP) is 2.98. The number of cyclic esters (lactones) is 1. The van der Waals surface area contributed by atoms with Gasteiger partial charge in [0.2, 0.25) is 0 Å². The summed E-state index contributed by atoms with van der Waals surface area (Å²) >= 11 is 1.48. The standard InChI is InChI=1S/C15H16N2O2S/c1-10-5-3-4-6-12(10)17-8-7-16-15(17)20-13-9-11(2)19-14(13)18/h3-8,11,13H,9H2,1-2H3/t11-,13+/m0/s1. The molecule has 0 spiro atoms. The molecule has 0 saturated carbocycles.